The molecule has 37 heavy (non-hydrogen) atoms. The van der Waals surface area contributed by atoms with Gasteiger partial charge in [0.2, 0.25) is 0 Å². The Hall–Kier alpha value is -2.79. The maximum atomic E-state index is 12.8. The molecule has 0 unspecified atom stereocenters. The van der Waals surface area contributed by atoms with Crippen LogP contribution in [0.1, 0.15) is 49.0 Å². The number of amides is 1. The Morgan fingerprint density at radius 2 is 1.97 bits per heavy atom. The summed E-state index contributed by atoms with van der Waals surface area (Å²) in [6, 6.07) is 7.62. The van der Waals surface area contributed by atoms with Gasteiger partial charge in [0, 0.05) is 36.0 Å². The topological polar surface area (TPSA) is 74.6 Å². The minimum Gasteiger partial charge on any atom is -0.382 e. The van der Waals surface area contributed by atoms with Gasteiger partial charge in [-0.25, -0.2) is 9.50 Å². The number of aryl methyl sites for hydroxylation is 1. The molecule has 0 saturated heterocycles. The van der Waals surface area contributed by atoms with Gasteiger partial charge in [0.05, 0.1) is 24.0 Å². The van der Waals surface area contributed by atoms with Crippen LogP contribution >= 0.6 is 11.8 Å². The van der Waals surface area contributed by atoms with Crippen LogP contribution in [-0.2, 0) is 0 Å². The summed E-state index contributed by atoms with van der Waals surface area (Å²) >= 11 is 1.56. The Balaban J connectivity index is 1.63. The number of thioether (sulfide) groups is 1. The Labute approximate surface area is 219 Å². The van der Waals surface area contributed by atoms with Crippen LogP contribution in [0.3, 0.4) is 0 Å². The van der Waals surface area contributed by atoms with E-state index < -0.39 is 12.6 Å². The Bertz CT molecular complexity index is 1240. The quantitative estimate of drug-likeness (QED) is 0.303. The van der Waals surface area contributed by atoms with Crippen molar-refractivity contribution < 1.29 is 18.0 Å². The van der Waals surface area contributed by atoms with E-state index in [1.807, 2.05) is 19.1 Å². The van der Waals surface area contributed by atoms with Crippen LogP contribution < -0.4 is 10.6 Å². The largest absolute Gasteiger partial charge is 0.390 e. The highest BCUT2D eigenvalue weighted by Gasteiger charge is 2.27. The van der Waals surface area contributed by atoms with Gasteiger partial charge in [-0.1, -0.05) is 19.9 Å². The van der Waals surface area contributed by atoms with Gasteiger partial charge in [-0.15, -0.1) is 11.8 Å². The minimum absolute atomic E-state index is 0.0779. The van der Waals surface area contributed by atoms with E-state index >= 15 is 0 Å². The lowest BCUT2D eigenvalue weighted by Gasteiger charge is -2.17. The van der Waals surface area contributed by atoms with Gasteiger partial charge in [0.15, 0.2) is 5.65 Å². The molecule has 11 heteroatoms. The molecule has 1 aliphatic carbocycles. The maximum Gasteiger partial charge on any atom is 0.390 e. The molecule has 7 nitrogen and oxygen atoms in total. The summed E-state index contributed by atoms with van der Waals surface area (Å²) in [6.07, 6.45) is -1.48. The van der Waals surface area contributed by atoms with Crippen molar-refractivity contribution in [3.63, 3.8) is 0 Å². The number of aromatic nitrogens is 3. The molecular weight excluding hydrogens is 501 g/mol. The molecule has 2 aromatic heterocycles. The first-order valence-electron chi connectivity index (χ1n) is 12.6. The summed E-state index contributed by atoms with van der Waals surface area (Å²) in [5, 5.41) is 11.4. The number of benzene rings is 1. The van der Waals surface area contributed by atoms with Crippen LogP contribution in [-0.4, -0.2) is 69.6 Å². The molecule has 200 valence electrons. The molecule has 4 rings (SSSR count). The van der Waals surface area contributed by atoms with Gasteiger partial charge in [0.1, 0.15) is 5.03 Å². The average molecular weight is 535 g/mol. The van der Waals surface area contributed by atoms with Crippen LogP contribution in [0, 0.1) is 6.92 Å². The molecule has 0 aliphatic heterocycles. The number of anilines is 1. The highest BCUT2D eigenvalue weighted by molar-refractivity contribution is 7.99. The summed E-state index contributed by atoms with van der Waals surface area (Å²) in [7, 11) is 0. The van der Waals surface area contributed by atoms with Crippen LogP contribution in [0.25, 0.3) is 16.9 Å². The Morgan fingerprint density at radius 3 is 2.62 bits per heavy atom. The van der Waals surface area contributed by atoms with Gasteiger partial charge >= 0.3 is 6.18 Å². The highest BCUT2D eigenvalue weighted by atomic mass is 32.2. The number of carbonyl (C=O) groups is 1. The van der Waals surface area contributed by atoms with Crippen LogP contribution in [0.15, 0.2) is 35.5 Å². The normalized spacial score (nSPS) is 13.9. The van der Waals surface area contributed by atoms with Crippen LogP contribution in [0.2, 0.25) is 0 Å². The second-order valence-electron chi connectivity index (χ2n) is 9.22. The van der Waals surface area contributed by atoms with Crippen LogP contribution in [0.4, 0.5) is 18.9 Å². The SMILES string of the molecule is CCN(CC)CCSc1cc(NCCC(F)(F)F)c2ncc(-c3ccc(C(=O)NC4CC4)c(C)c3)n2n1. The zero-order valence-electron chi connectivity index (χ0n) is 21.4. The number of alkyl halides is 3. The lowest BCUT2D eigenvalue weighted by Crippen LogP contribution is -2.26. The molecule has 0 bridgehead atoms. The van der Waals surface area contributed by atoms with Gasteiger partial charge < -0.3 is 15.5 Å². The maximum absolute atomic E-state index is 12.8. The first kappa shape index (κ1) is 27.3. The highest BCUT2D eigenvalue weighted by Crippen LogP contribution is 2.30. The van der Waals surface area contributed by atoms with Crippen LogP contribution in [0.5, 0.6) is 0 Å². The molecule has 0 radical (unpaired) electrons. The first-order chi connectivity index (χ1) is 17.7. The summed E-state index contributed by atoms with van der Waals surface area (Å²) < 4.78 is 40.0. The van der Waals surface area contributed by atoms with Crippen molar-refractivity contribution >= 4 is 29.0 Å². The molecule has 0 atom stereocenters. The number of nitrogens with zero attached hydrogens (tertiary/aromatic N) is 4. The van der Waals surface area contributed by atoms with E-state index in [1.165, 1.54) is 0 Å². The standard InChI is InChI=1S/C26H33F3N6OS/c1-4-34(5-2)12-13-37-23-15-21(30-11-10-26(27,28)29)24-31-16-22(35(24)33-23)18-6-9-20(17(3)14-18)25(36)32-19-7-8-19/h6,9,14-16,19,30H,4-5,7-8,10-13H2,1-3H3,(H,32,36). The number of hydrogen-bond acceptors (Lipinski definition) is 6. The van der Waals surface area contributed by atoms with Crippen molar-refractivity contribution in [2.45, 2.75) is 57.3 Å². The number of hydrogen-bond donors (Lipinski definition) is 2. The monoisotopic (exact) mass is 534 g/mol. The van der Waals surface area contributed by atoms with Gasteiger partial charge in [-0.2, -0.15) is 18.3 Å². The molecule has 1 aromatic carbocycles. The average Bonchev–Trinajstić information content (AvgIpc) is 3.56. The summed E-state index contributed by atoms with van der Waals surface area (Å²) in [5.41, 5.74) is 3.95. The molecule has 1 aliphatic rings. The number of carbonyl (C=O) groups excluding carboxylic acids is 1. The summed E-state index contributed by atoms with van der Waals surface area (Å²) in [5.74, 6) is 0.724. The van der Waals surface area contributed by atoms with E-state index in [9.17, 15) is 18.0 Å². The van der Waals surface area contributed by atoms with E-state index in [1.54, 1.807) is 34.6 Å². The molecule has 3 aromatic rings. The third-order valence-corrected chi connectivity index (χ3v) is 7.28. The van der Waals surface area contributed by atoms with E-state index in [4.69, 9.17) is 5.10 Å². The second-order valence-corrected chi connectivity index (χ2v) is 10.3. The minimum atomic E-state index is -4.25. The van der Waals surface area contributed by atoms with Crippen molar-refractivity contribution in [1.82, 2.24) is 24.8 Å². The Kier molecular flexibility index (Phi) is 8.63. The zero-order valence-corrected chi connectivity index (χ0v) is 22.2. The zero-order chi connectivity index (χ0) is 26.6. The van der Waals surface area contributed by atoms with E-state index in [0.717, 1.165) is 49.4 Å². The smallest absolute Gasteiger partial charge is 0.382 e. The number of nitrogens with one attached hydrogen (secondary N) is 2. The van der Waals surface area contributed by atoms with Gasteiger partial charge in [0.25, 0.3) is 5.91 Å². The van der Waals surface area contributed by atoms with Crippen molar-refractivity contribution in [1.29, 1.82) is 0 Å². The molecule has 0 spiro atoms. The third kappa shape index (κ3) is 7.16. The predicted octanol–water partition coefficient (Wildman–Crippen LogP) is 5.40. The number of rotatable bonds is 12. The Morgan fingerprint density at radius 1 is 1.22 bits per heavy atom. The molecule has 1 saturated carbocycles. The predicted molar refractivity (Wildman–Crippen MR) is 141 cm³/mol. The van der Waals surface area contributed by atoms with Crippen molar-refractivity contribution in [3.05, 3.63) is 41.6 Å². The van der Waals surface area contributed by atoms with E-state index in [0.29, 0.717) is 27.6 Å². The molecule has 2 heterocycles. The second kappa shape index (κ2) is 11.7. The van der Waals surface area contributed by atoms with Gasteiger partial charge in [-0.3, -0.25) is 4.79 Å². The lowest BCUT2D eigenvalue weighted by molar-refractivity contribution is -0.131. The number of imidazole rings is 1. The molecule has 1 fully saturated rings. The van der Waals surface area contributed by atoms with E-state index in [-0.39, 0.29) is 18.5 Å². The lowest BCUT2D eigenvalue weighted by atomic mass is 10.0. The molecular formula is C26H33F3N6OS. The van der Waals surface area contributed by atoms with Crippen molar-refractivity contribution in [3.8, 4) is 11.3 Å². The fourth-order valence-corrected chi connectivity index (χ4v) is 4.97. The molecule has 2 N–H and O–H groups in total. The van der Waals surface area contributed by atoms with Crippen molar-refractivity contribution in [2.75, 3.05) is 37.2 Å². The first-order valence-corrected chi connectivity index (χ1v) is 13.6. The number of fused-ring (bicyclic) bond motifs is 1. The third-order valence-electron chi connectivity index (χ3n) is 6.40. The summed E-state index contributed by atoms with van der Waals surface area (Å²) in [4.78, 5) is 19.3. The number of halogens is 3. The van der Waals surface area contributed by atoms with E-state index in [2.05, 4.69) is 34.4 Å². The summed E-state index contributed by atoms with van der Waals surface area (Å²) in [6.45, 7) is 8.65. The van der Waals surface area contributed by atoms with Gasteiger partial charge in [-0.05, 0) is 56.6 Å². The fourth-order valence-electron chi connectivity index (χ4n) is 4.07. The van der Waals surface area contributed by atoms with Crippen molar-refractivity contribution in [2.24, 2.45) is 0 Å². The molecule has 1 amide bonds. The fraction of sp³-hybridized carbons (Fsp3) is 0.500.